The fourth-order valence-corrected chi connectivity index (χ4v) is 3.29. The average Bonchev–Trinajstić information content (AvgIpc) is 2.49. The summed E-state index contributed by atoms with van der Waals surface area (Å²) in [6.07, 6.45) is 0.802. The normalized spacial score (nSPS) is 12.0. The first kappa shape index (κ1) is 16.5. The summed E-state index contributed by atoms with van der Waals surface area (Å²) in [5.74, 6) is 1.23. The Morgan fingerprint density at radius 1 is 1.00 bits per heavy atom. The Kier molecular flexibility index (Phi) is 5.80. The maximum absolute atomic E-state index is 6.29. The van der Waals surface area contributed by atoms with Crippen molar-refractivity contribution in [1.82, 2.24) is 0 Å². The molecule has 0 saturated heterocycles. The van der Waals surface area contributed by atoms with Crippen molar-refractivity contribution in [3.63, 3.8) is 0 Å². The van der Waals surface area contributed by atoms with Crippen molar-refractivity contribution in [1.29, 1.82) is 0 Å². The summed E-state index contributed by atoms with van der Waals surface area (Å²) in [7, 11) is 3.19. The average molecular weight is 390 g/mol. The van der Waals surface area contributed by atoms with Gasteiger partial charge in [-0.15, -0.1) is 0 Å². The highest BCUT2D eigenvalue weighted by molar-refractivity contribution is 9.09. The molecule has 0 bridgehead atoms. The smallest absolute Gasteiger partial charge is 0.145 e. The highest BCUT2D eigenvalue weighted by atomic mass is 79.9. The fraction of sp³-hybridized carbons (Fsp3) is 0.250. The molecule has 21 heavy (non-hydrogen) atoms. The number of halogens is 3. The molecule has 0 aromatic heterocycles. The van der Waals surface area contributed by atoms with Gasteiger partial charge in [0.05, 0.1) is 14.2 Å². The van der Waals surface area contributed by atoms with Crippen molar-refractivity contribution in [2.75, 3.05) is 14.2 Å². The van der Waals surface area contributed by atoms with Crippen LogP contribution in [0.3, 0.4) is 0 Å². The third kappa shape index (κ3) is 3.85. The molecule has 0 spiro atoms. The Bertz CT molecular complexity index is 614. The number of methoxy groups -OCH3 is 2. The van der Waals surface area contributed by atoms with Crippen LogP contribution >= 0.6 is 39.1 Å². The minimum atomic E-state index is 0.0806. The maximum atomic E-state index is 6.29. The van der Waals surface area contributed by atoms with E-state index in [9.17, 15) is 0 Å². The van der Waals surface area contributed by atoms with Crippen molar-refractivity contribution in [2.24, 2.45) is 0 Å². The third-order valence-electron chi connectivity index (χ3n) is 3.18. The molecule has 1 unspecified atom stereocenters. The Hall–Kier alpha value is -0.900. The van der Waals surface area contributed by atoms with Crippen LogP contribution in [0, 0.1) is 0 Å². The molecular weight excluding hydrogens is 375 g/mol. The van der Waals surface area contributed by atoms with Gasteiger partial charge in [-0.1, -0.05) is 57.3 Å². The first-order valence-corrected chi connectivity index (χ1v) is 8.03. The number of alkyl halides is 1. The topological polar surface area (TPSA) is 18.5 Å². The Labute approximate surface area is 143 Å². The lowest BCUT2D eigenvalue weighted by molar-refractivity contribution is 0.391. The molecule has 0 saturated carbocycles. The lowest BCUT2D eigenvalue weighted by Crippen LogP contribution is -2.00. The van der Waals surface area contributed by atoms with Gasteiger partial charge in [-0.3, -0.25) is 0 Å². The highest BCUT2D eigenvalue weighted by Crippen LogP contribution is 2.42. The quantitative estimate of drug-likeness (QED) is 0.611. The van der Waals surface area contributed by atoms with E-state index in [2.05, 4.69) is 15.9 Å². The summed E-state index contributed by atoms with van der Waals surface area (Å²) < 4.78 is 10.6. The van der Waals surface area contributed by atoms with E-state index >= 15 is 0 Å². The number of ether oxygens (including phenoxy) is 2. The van der Waals surface area contributed by atoms with Crippen LogP contribution in [0.4, 0.5) is 0 Å². The summed E-state index contributed by atoms with van der Waals surface area (Å²) in [5, 5.41) is 1.22. The van der Waals surface area contributed by atoms with Gasteiger partial charge in [0.25, 0.3) is 0 Å². The van der Waals surface area contributed by atoms with E-state index in [0.717, 1.165) is 17.0 Å². The lowest BCUT2D eigenvalue weighted by atomic mass is 10.0. The standard InChI is InChI=1S/C16H15BrCl2O2/c1-20-14-8-7-12(16(21-2)15(14)19)13(17)9-10-3-5-11(18)6-4-10/h3-8,13H,9H2,1-2H3. The highest BCUT2D eigenvalue weighted by Gasteiger charge is 2.19. The molecule has 0 fully saturated rings. The molecule has 2 aromatic rings. The monoisotopic (exact) mass is 388 g/mol. The summed E-state index contributed by atoms with van der Waals surface area (Å²) in [5.41, 5.74) is 2.16. The van der Waals surface area contributed by atoms with Crippen LogP contribution in [0.15, 0.2) is 36.4 Å². The summed E-state index contributed by atoms with van der Waals surface area (Å²) >= 11 is 15.9. The molecule has 1 atom stereocenters. The van der Waals surface area contributed by atoms with Crippen molar-refractivity contribution >= 4 is 39.1 Å². The minimum Gasteiger partial charge on any atom is -0.495 e. The maximum Gasteiger partial charge on any atom is 0.145 e. The summed E-state index contributed by atoms with van der Waals surface area (Å²) in [6, 6.07) is 11.6. The first-order valence-electron chi connectivity index (χ1n) is 6.35. The number of rotatable bonds is 5. The third-order valence-corrected chi connectivity index (χ3v) is 4.61. The molecule has 0 radical (unpaired) electrons. The zero-order valence-electron chi connectivity index (χ0n) is 11.7. The molecule has 2 aromatic carbocycles. The van der Waals surface area contributed by atoms with E-state index in [4.69, 9.17) is 32.7 Å². The van der Waals surface area contributed by atoms with Gasteiger partial charge in [0.2, 0.25) is 0 Å². The number of benzene rings is 2. The zero-order chi connectivity index (χ0) is 15.4. The second-order valence-corrected chi connectivity index (χ2v) is 6.42. The molecule has 0 aliphatic rings. The minimum absolute atomic E-state index is 0.0806. The van der Waals surface area contributed by atoms with E-state index in [0.29, 0.717) is 16.5 Å². The van der Waals surface area contributed by atoms with Gasteiger partial charge in [0.15, 0.2) is 0 Å². The van der Waals surface area contributed by atoms with Gasteiger partial charge in [0, 0.05) is 15.4 Å². The molecule has 0 amide bonds. The van der Waals surface area contributed by atoms with E-state index in [1.807, 2.05) is 36.4 Å². The molecule has 2 rings (SSSR count). The number of hydrogen-bond donors (Lipinski definition) is 0. The van der Waals surface area contributed by atoms with Crippen LogP contribution in [-0.2, 0) is 6.42 Å². The van der Waals surface area contributed by atoms with Crippen LogP contribution in [0.25, 0.3) is 0 Å². The van der Waals surface area contributed by atoms with Gasteiger partial charge in [-0.05, 0) is 30.2 Å². The van der Waals surface area contributed by atoms with Crippen LogP contribution < -0.4 is 9.47 Å². The summed E-state index contributed by atoms with van der Waals surface area (Å²) in [4.78, 5) is 0.0806. The number of hydrogen-bond acceptors (Lipinski definition) is 2. The molecule has 2 nitrogen and oxygen atoms in total. The van der Waals surface area contributed by atoms with E-state index in [1.54, 1.807) is 14.2 Å². The molecular formula is C16H15BrCl2O2. The Balaban J connectivity index is 2.28. The van der Waals surface area contributed by atoms with E-state index in [-0.39, 0.29) is 4.83 Å². The van der Waals surface area contributed by atoms with Gasteiger partial charge in [0.1, 0.15) is 16.5 Å². The largest absolute Gasteiger partial charge is 0.495 e. The Morgan fingerprint density at radius 2 is 1.67 bits per heavy atom. The fourth-order valence-electron chi connectivity index (χ4n) is 2.10. The molecule has 0 N–H and O–H groups in total. The molecule has 0 heterocycles. The van der Waals surface area contributed by atoms with Gasteiger partial charge in [-0.2, -0.15) is 0 Å². The molecule has 0 aliphatic heterocycles. The van der Waals surface area contributed by atoms with Crippen molar-refractivity contribution in [3.05, 3.63) is 57.6 Å². The second kappa shape index (κ2) is 7.39. The Morgan fingerprint density at radius 3 is 2.24 bits per heavy atom. The van der Waals surface area contributed by atoms with Crippen LogP contribution in [0.1, 0.15) is 16.0 Å². The second-order valence-electron chi connectivity index (χ2n) is 4.50. The predicted octanol–water partition coefficient (Wildman–Crippen LogP) is 5.69. The van der Waals surface area contributed by atoms with Gasteiger partial charge >= 0.3 is 0 Å². The first-order chi connectivity index (χ1) is 10.1. The molecule has 112 valence electrons. The van der Waals surface area contributed by atoms with Crippen LogP contribution in [0.2, 0.25) is 10.0 Å². The summed E-state index contributed by atoms with van der Waals surface area (Å²) in [6.45, 7) is 0. The predicted molar refractivity (Wildman–Crippen MR) is 91.4 cm³/mol. The van der Waals surface area contributed by atoms with Gasteiger partial charge < -0.3 is 9.47 Å². The van der Waals surface area contributed by atoms with E-state index < -0.39 is 0 Å². The zero-order valence-corrected chi connectivity index (χ0v) is 14.8. The van der Waals surface area contributed by atoms with Crippen LogP contribution in [0.5, 0.6) is 11.5 Å². The van der Waals surface area contributed by atoms with Crippen molar-refractivity contribution < 1.29 is 9.47 Å². The van der Waals surface area contributed by atoms with E-state index in [1.165, 1.54) is 5.56 Å². The lowest BCUT2D eigenvalue weighted by Gasteiger charge is -2.17. The molecule has 5 heteroatoms. The molecule has 0 aliphatic carbocycles. The van der Waals surface area contributed by atoms with Crippen LogP contribution in [-0.4, -0.2) is 14.2 Å². The van der Waals surface area contributed by atoms with Crippen molar-refractivity contribution in [3.8, 4) is 11.5 Å². The van der Waals surface area contributed by atoms with Crippen molar-refractivity contribution in [2.45, 2.75) is 11.2 Å². The van der Waals surface area contributed by atoms with Gasteiger partial charge in [-0.25, -0.2) is 0 Å². The SMILES string of the molecule is COc1ccc(C(Br)Cc2ccc(Cl)cc2)c(OC)c1Cl.